The van der Waals surface area contributed by atoms with Gasteiger partial charge in [-0.2, -0.15) is 5.10 Å². The Morgan fingerprint density at radius 2 is 1.51 bits per heavy atom. The van der Waals surface area contributed by atoms with Gasteiger partial charge in [0.25, 0.3) is 17.2 Å². The average molecular weight is 1720 g/mol. The molecule has 3 aromatic rings. The van der Waals surface area contributed by atoms with E-state index in [4.69, 9.17) is 19.9 Å². The first kappa shape index (κ1) is 97.1. The first-order valence-corrected chi connectivity index (χ1v) is 41.5. The fraction of sp³-hybridized carbons (Fsp3) is 0.500. The van der Waals surface area contributed by atoms with Crippen LogP contribution in [0.3, 0.4) is 0 Å². The third kappa shape index (κ3) is 21.8. The maximum absolute atomic E-state index is 14.3. The molecule has 3 fully saturated rings. The van der Waals surface area contributed by atoms with Gasteiger partial charge in [0.2, 0.25) is 35.2 Å². The van der Waals surface area contributed by atoms with E-state index in [1.807, 2.05) is 6.92 Å². The number of rotatable bonds is 40. The SMILES string of the molecule is C/C=C\C=C\[C@@H]1O[C@](O)([C@H](CC)C(=O)NC/C=C/C=C(/C)[C@@H](OC)[C@@H](C)[C@@H]2O[C@H](/C=C/C=C/C=C(C)/C(=N/Nc3ccc(CSCC(=O)NCCCCCC(=O)NCCCCNCC(=O)Nc4ccc5c(c4O)C(O)=C4C(=O)[C@]6(O)C(O)=C(C(N)=O)C(=O)[C@@H](N(C)C)C6[C@@H](O)C4[C@H]5C)cc3[N+](=O)[O-])c3c(O)cc[nH]c3=O)[C@H](O)[C@@H]2O)[C@H](O)[C@H](O)C1(C)C. The molecule has 0 bridgehead atoms. The number of Topliss-reactive ketones (excluding diaryl/α,β-unsaturated/α-hetero) is 2. The molecule has 36 heteroatoms. The van der Waals surface area contributed by atoms with Crippen molar-refractivity contribution in [2.24, 2.45) is 39.9 Å². The Bertz CT molecular complexity index is 4740. The number of thioether (sulfide) groups is 1. The number of phenolic OH excluding ortho intramolecular Hbond substituents is 1. The van der Waals surface area contributed by atoms with Gasteiger partial charge in [0.1, 0.15) is 70.0 Å². The summed E-state index contributed by atoms with van der Waals surface area (Å²) in [5, 5.41) is 156. The van der Waals surface area contributed by atoms with Crippen molar-refractivity contribution in [1.82, 2.24) is 31.2 Å². The highest BCUT2D eigenvalue weighted by Gasteiger charge is 2.69. The van der Waals surface area contributed by atoms with Crippen molar-refractivity contribution in [1.29, 1.82) is 0 Å². The molecule has 2 saturated heterocycles. The number of anilines is 2. The second-order valence-electron chi connectivity index (χ2n) is 31.8. The molecule has 8 rings (SSSR count). The quantitative estimate of drug-likeness (QED) is 0.00710. The van der Waals surface area contributed by atoms with Crippen LogP contribution < -0.4 is 43.3 Å². The minimum atomic E-state index is -3.08. The molecule has 1 saturated carbocycles. The topological polar surface area (TPSA) is 560 Å². The first-order valence-electron chi connectivity index (χ1n) is 40.3. The van der Waals surface area contributed by atoms with Gasteiger partial charge in [-0.25, -0.2) is 0 Å². The van der Waals surface area contributed by atoms with Gasteiger partial charge < -0.3 is 108 Å². The third-order valence-corrected chi connectivity index (χ3v) is 23.9. The normalized spacial score (nSPS) is 26.4. The number of aromatic nitrogens is 1. The lowest BCUT2D eigenvalue weighted by Gasteiger charge is -2.53. The fourth-order valence-corrected chi connectivity index (χ4v) is 17.0. The zero-order valence-electron chi connectivity index (χ0n) is 70.1. The molecule has 2 aliphatic heterocycles. The molecule has 5 aliphatic rings. The van der Waals surface area contributed by atoms with Crippen LogP contribution in [-0.2, 0) is 53.5 Å². The maximum atomic E-state index is 14.3. The minimum absolute atomic E-state index is 0.0288. The Balaban J connectivity index is 0.731. The largest absolute Gasteiger partial charge is 0.508 e. The Labute approximate surface area is 710 Å². The van der Waals surface area contributed by atoms with Crippen molar-refractivity contribution in [3.8, 4) is 11.5 Å². The van der Waals surface area contributed by atoms with Crippen molar-refractivity contribution in [3.63, 3.8) is 0 Å². The lowest BCUT2D eigenvalue weighted by molar-refractivity contribution is -0.384. The van der Waals surface area contributed by atoms with E-state index in [-0.39, 0.29) is 88.7 Å². The van der Waals surface area contributed by atoms with Crippen LogP contribution in [-0.4, -0.2) is 250 Å². The number of unbranched alkanes of at least 4 members (excludes halogenated alkanes) is 3. The van der Waals surface area contributed by atoms with E-state index in [1.54, 1.807) is 127 Å². The number of amides is 5. The highest BCUT2D eigenvalue weighted by molar-refractivity contribution is 7.99. The number of phenols is 1. The summed E-state index contributed by atoms with van der Waals surface area (Å²) in [6, 6.07) is 6.96. The first-order chi connectivity index (χ1) is 57.8. The molecule has 3 aliphatic carbocycles. The second kappa shape index (κ2) is 43.1. The number of H-pyrrole nitrogens is 1. The number of nitro groups is 1. The monoisotopic (exact) mass is 1720 g/mol. The minimum Gasteiger partial charge on any atom is -0.508 e. The summed E-state index contributed by atoms with van der Waals surface area (Å²) in [5.74, 6) is -16.3. The Hall–Kier alpha value is -10.3. The van der Waals surface area contributed by atoms with Crippen molar-refractivity contribution in [2.75, 3.05) is 70.4 Å². The van der Waals surface area contributed by atoms with Crippen LogP contribution >= 0.6 is 11.8 Å². The smallest absolute Gasteiger partial charge is 0.294 e. The van der Waals surface area contributed by atoms with Crippen molar-refractivity contribution in [3.05, 3.63) is 186 Å². The predicted octanol–water partition coefficient (Wildman–Crippen LogP) is 4.46. The van der Waals surface area contributed by atoms with E-state index in [2.05, 4.69) is 42.1 Å². The lowest BCUT2D eigenvalue weighted by atomic mass is 9.54. The van der Waals surface area contributed by atoms with Crippen LogP contribution in [0.2, 0.25) is 0 Å². The van der Waals surface area contributed by atoms with Gasteiger partial charge in [-0.1, -0.05) is 126 Å². The number of nitrogens with two attached hydrogens (primary N) is 1. The summed E-state index contributed by atoms with van der Waals surface area (Å²) in [5.41, 5.74) is 2.35. The van der Waals surface area contributed by atoms with E-state index in [9.17, 15) is 105 Å². The van der Waals surface area contributed by atoms with E-state index < -0.39 is 181 Å². The molecule has 35 nitrogen and oxygen atoms in total. The Morgan fingerprint density at radius 1 is 0.828 bits per heavy atom. The van der Waals surface area contributed by atoms with Gasteiger partial charge >= 0.3 is 0 Å². The fourth-order valence-electron chi connectivity index (χ4n) is 16.2. The van der Waals surface area contributed by atoms with Crippen LogP contribution in [0.15, 0.2) is 153 Å². The summed E-state index contributed by atoms with van der Waals surface area (Å²) in [7, 11) is 4.32. The van der Waals surface area contributed by atoms with Crippen LogP contribution in [0.5, 0.6) is 11.5 Å². The van der Waals surface area contributed by atoms with Gasteiger partial charge in [0.15, 0.2) is 11.4 Å². The summed E-state index contributed by atoms with van der Waals surface area (Å²) in [4.78, 5) is 121. The number of ketones is 2. The van der Waals surface area contributed by atoms with E-state index in [0.29, 0.717) is 62.9 Å². The Morgan fingerprint density at radius 3 is 2.17 bits per heavy atom. The summed E-state index contributed by atoms with van der Waals surface area (Å²) >= 11 is 1.23. The number of carbonyl (C=O) groups excluding carboxylic acids is 7. The van der Waals surface area contributed by atoms with Crippen LogP contribution in [0.1, 0.15) is 129 Å². The van der Waals surface area contributed by atoms with E-state index in [0.717, 1.165) is 5.57 Å². The number of carbonyl (C=O) groups is 7. The highest BCUT2D eigenvalue weighted by Crippen LogP contribution is 2.57. The van der Waals surface area contributed by atoms with Gasteiger partial charge in [-0.3, -0.25) is 58.8 Å². The van der Waals surface area contributed by atoms with Gasteiger partial charge in [0.05, 0.1) is 76.9 Å². The number of hydrogen-bond donors (Lipinski definition) is 19. The van der Waals surface area contributed by atoms with Crippen molar-refractivity contribution in [2.45, 2.75) is 184 Å². The highest BCUT2D eigenvalue weighted by atomic mass is 32.2. The molecule has 2 aromatic carbocycles. The average Bonchev–Trinajstić information content (AvgIpc) is 0.750. The number of aromatic hydroxyl groups is 2. The maximum Gasteiger partial charge on any atom is 0.294 e. The molecular formula is C86H115N11O24S. The number of likely N-dealkylation sites (N-methyl/N-ethyl adjacent to an activating group) is 1. The Kier molecular flexibility index (Phi) is 34.3. The number of aromatic amines is 1. The molecule has 1 aromatic heterocycles. The molecule has 3 heterocycles. The summed E-state index contributed by atoms with van der Waals surface area (Å²) in [6.07, 6.45) is 13.5. The number of aliphatic hydroxyl groups excluding tert-OH is 7. The number of benzene rings is 2. The number of primary amides is 1. The molecule has 20 N–H and O–H groups in total. The molecule has 664 valence electrons. The molecule has 122 heavy (non-hydrogen) atoms. The standard InChI is InChI=1S/C86H115N11O24S/c1-12-14-17-29-57-84(7,8)79(110)80(111)86(116,121-57)51(13-2)82(113)91-39-23-21-27-46(4)75(119-11)48(6)76-74(107)70(103)56(120-76)28-19-15-18-26-45(3)67(63-55(98)35-40-92-83(63)114)95-94-52-33-31-49(41-54(52)97(117)118)43-122-44-60(101)90-37-22-16-20-30-58(99)89-38-25-24-36-88-42-59(100)93-53-34-32-50-47(5)61-64(71(104)62(50)69(53)102)77(108)85(115)66(72(61)105)68(96(9)10)73(106)65(78(85)109)81(87)112/h12,14-15,17-19,21,23,26-29,31-35,40-41,47-48,51,56-57,61,66,68,70,72,74-76,79-80,88,94,102-105,107,109-111,115-116H,13,16,20,22,24-25,30,36-39,42-44H2,1-11H3,(H2,87,112)(H,89,99)(H,90,101)(H,91,113)(H,93,100)(H2,92,98,114)/b14-12-,18-15+,23-21+,28-19+,29-17+,45-26+,46-27-,95-67-/t47-,48+,51+,56+,57-,61?,66?,68-,70-,72-,74-,75+,76-,79-,80+,85-,86+/m0/s1. The lowest BCUT2D eigenvalue weighted by Crippen LogP contribution is -2.70. The number of nitrogens with one attached hydrogen (secondary N) is 7. The number of pyridine rings is 1. The van der Waals surface area contributed by atoms with Gasteiger partial charge in [0, 0.05) is 74.0 Å². The number of hydrazone groups is 1. The zero-order chi connectivity index (χ0) is 90.0. The van der Waals surface area contributed by atoms with E-state index in [1.165, 1.54) is 74.4 Å². The van der Waals surface area contributed by atoms with Crippen molar-refractivity contribution < 1.29 is 109 Å². The summed E-state index contributed by atoms with van der Waals surface area (Å²) in [6.45, 7) is 14.6. The molecule has 0 radical (unpaired) electrons. The van der Waals surface area contributed by atoms with Crippen LogP contribution in [0, 0.1) is 39.2 Å². The number of hydrogen-bond acceptors (Lipinski definition) is 29. The number of nitrogens with zero attached hydrogens (tertiary/aromatic N) is 3. The van der Waals surface area contributed by atoms with E-state index >= 15 is 0 Å². The molecular weight excluding hydrogens is 1600 g/mol. The summed E-state index contributed by atoms with van der Waals surface area (Å²) < 4.78 is 18.1. The second-order valence-corrected chi connectivity index (χ2v) is 32.8. The predicted molar refractivity (Wildman–Crippen MR) is 456 cm³/mol. The third-order valence-electron chi connectivity index (χ3n) is 22.9. The number of ether oxygens (including phenoxy) is 3. The molecule has 17 atom stereocenters. The molecule has 2 unspecified atom stereocenters. The van der Waals surface area contributed by atoms with Crippen LogP contribution in [0.25, 0.3) is 5.76 Å². The molecule has 5 amide bonds. The number of allylic oxidation sites excluding steroid dienone is 10. The number of methoxy groups -OCH3 is 1. The number of nitro benzene ring substituents is 1. The van der Waals surface area contributed by atoms with Crippen molar-refractivity contribution >= 4 is 81.4 Å². The number of fused-ring (bicyclic) bond motifs is 3. The van der Waals surface area contributed by atoms with Gasteiger partial charge in [-0.05, 0) is 120 Å². The molecule has 0 spiro atoms. The van der Waals surface area contributed by atoms with Gasteiger partial charge in [-0.15, -0.1) is 11.8 Å². The van der Waals surface area contributed by atoms with Crippen LogP contribution in [0.4, 0.5) is 17.1 Å². The number of aliphatic hydroxyl groups is 9. The zero-order valence-corrected chi connectivity index (χ0v) is 70.9.